The molecule has 1 heterocycles. The highest BCUT2D eigenvalue weighted by Gasteiger charge is 2.14. The van der Waals surface area contributed by atoms with E-state index in [1.165, 1.54) is 6.42 Å². The van der Waals surface area contributed by atoms with Crippen LogP contribution in [0, 0.1) is 0 Å². The van der Waals surface area contributed by atoms with E-state index in [1.807, 2.05) is 4.90 Å². The minimum atomic E-state index is 0.00985. The molecule has 6 heteroatoms. The molecule has 15 heavy (non-hydrogen) atoms. The summed E-state index contributed by atoms with van der Waals surface area (Å²) in [5, 5.41) is 6.21. The third-order valence-corrected chi connectivity index (χ3v) is 2.42. The van der Waals surface area contributed by atoms with Gasteiger partial charge in [-0.1, -0.05) is 5.11 Å². The minimum absolute atomic E-state index is 0.00985. The Kier molecular flexibility index (Phi) is 5.40. The third kappa shape index (κ3) is 4.56. The highest BCUT2D eigenvalue weighted by atomic mass is 16.2. The Balaban J connectivity index is 2.09. The van der Waals surface area contributed by atoms with Gasteiger partial charge in [-0.2, -0.15) is 0 Å². The normalized spacial score (nSPS) is 15.6. The first-order valence-corrected chi connectivity index (χ1v) is 5.38. The maximum atomic E-state index is 11.5. The molecule has 2 amide bonds. The van der Waals surface area contributed by atoms with Crippen molar-refractivity contribution in [1.29, 1.82) is 0 Å². The molecule has 0 spiro atoms. The summed E-state index contributed by atoms with van der Waals surface area (Å²) < 4.78 is 0. The van der Waals surface area contributed by atoms with E-state index in [1.54, 1.807) is 0 Å². The Morgan fingerprint density at radius 3 is 2.80 bits per heavy atom. The number of likely N-dealkylation sites (tertiary alicyclic amines) is 1. The molecule has 1 aliphatic heterocycles. The second-order valence-corrected chi connectivity index (χ2v) is 3.59. The lowest BCUT2D eigenvalue weighted by atomic mass is 10.1. The first-order chi connectivity index (χ1) is 7.34. The van der Waals surface area contributed by atoms with E-state index in [0.717, 1.165) is 25.9 Å². The van der Waals surface area contributed by atoms with Crippen molar-refractivity contribution in [3.05, 3.63) is 10.4 Å². The van der Waals surface area contributed by atoms with Crippen LogP contribution in [0.3, 0.4) is 0 Å². The van der Waals surface area contributed by atoms with E-state index in [2.05, 4.69) is 15.3 Å². The van der Waals surface area contributed by atoms with Gasteiger partial charge in [-0.25, -0.2) is 4.79 Å². The molecule has 0 unspecified atom stereocenters. The SMILES string of the molecule is [N-]=[N+]=NCCCNC(=O)N1CCCCC1. The summed E-state index contributed by atoms with van der Waals surface area (Å²) in [6.07, 6.45) is 4.13. The van der Waals surface area contributed by atoms with Crippen LogP contribution < -0.4 is 5.32 Å². The number of carbonyl (C=O) groups is 1. The number of urea groups is 1. The lowest BCUT2D eigenvalue weighted by Crippen LogP contribution is -2.43. The van der Waals surface area contributed by atoms with Crippen LogP contribution >= 0.6 is 0 Å². The number of hydrogen-bond donors (Lipinski definition) is 1. The van der Waals surface area contributed by atoms with Gasteiger partial charge in [0.2, 0.25) is 0 Å². The van der Waals surface area contributed by atoms with Crippen molar-refractivity contribution in [2.24, 2.45) is 5.11 Å². The van der Waals surface area contributed by atoms with Gasteiger partial charge in [-0.05, 0) is 31.2 Å². The summed E-state index contributed by atoms with van der Waals surface area (Å²) in [7, 11) is 0. The molecule has 0 saturated carbocycles. The van der Waals surface area contributed by atoms with Gasteiger partial charge in [0.25, 0.3) is 0 Å². The van der Waals surface area contributed by atoms with Crippen molar-refractivity contribution in [2.75, 3.05) is 26.2 Å². The Morgan fingerprint density at radius 1 is 1.40 bits per heavy atom. The molecule has 1 N–H and O–H groups in total. The molecule has 0 bridgehead atoms. The van der Waals surface area contributed by atoms with Crippen LogP contribution in [-0.4, -0.2) is 37.1 Å². The van der Waals surface area contributed by atoms with Crippen molar-refractivity contribution >= 4 is 6.03 Å². The average Bonchev–Trinajstić information content (AvgIpc) is 2.30. The standard InChI is InChI=1S/C9H17N5O/c10-13-12-6-4-5-11-9(15)14-7-2-1-3-8-14/h1-8H2,(H,11,15). The first-order valence-electron chi connectivity index (χ1n) is 5.38. The zero-order chi connectivity index (χ0) is 10.9. The molecule has 0 radical (unpaired) electrons. The van der Waals surface area contributed by atoms with Gasteiger partial charge in [0.15, 0.2) is 0 Å². The van der Waals surface area contributed by atoms with Crippen LogP contribution in [-0.2, 0) is 0 Å². The lowest BCUT2D eigenvalue weighted by molar-refractivity contribution is 0.186. The Hall–Kier alpha value is -1.42. The molecule has 0 aliphatic carbocycles. The van der Waals surface area contributed by atoms with Crippen molar-refractivity contribution in [1.82, 2.24) is 10.2 Å². The number of rotatable bonds is 4. The number of nitrogens with zero attached hydrogens (tertiary/aromatic N) is 4. The van der Waals surface area contributed by atoms with Gasteiger partial charge < -0.3 is 10.2 Å². The topological polar surface area (TPSA) is 81.1 Å². The minimum Gasteiger partial charge on any atom is -0.338 e. The highest BCUT2D eigenvalue weighted by Crippen LogP contribution is 2.08. The average molecular weight is 211 g/mol. The first kappa shape index (κ1) is 11.7. The van der Waals surface area contributed by atoms with Crippen molar-refractivity contribution < 1.29 is 4.79 Å². The molecule has 1 fully saturated rings. The van der Waals surface area contributed by atoms with E-state index in [0.29, 0.717) is 19.5 Å². The van der Waals surface area contributed by atoms with Crippen LogP contribution in [0.5, 0.6) is 0 Å². The van der Waals surface area contributed by atoms with Crippen molar-refractivity contribution in [2.45, 2.75) is 25.7 Å². The number of nitrogens with one attached hydrogen (secondary N) is 1. The van der Waals surface area contributed by atoms with Gasteiger partial charge in [0.1, 0.15) is 0 Å². The number of hydrogen-bond acceptors (Lipinski definition) is 2. The number of carbonyl (C=O) groups excluding carboxylic acids is 1. The molecule has 1 rings (SSSR count). The predicted molar refractivity (Wildman–Crippen MR) is 57.5 cm³/mol. The smallest absolute Gasteiger partial charge is 0.317 e. The molecule has 1 saturated heterocycles. The van der Waals surface area contributed by atoms with Gasteiger partial charge in [-0.15, -0.1) is 0 Å². The zero-order valence-electron chi connectivity index (χ0n) is 8.85. The maximum Gasteiger partial charge on any atom is 0.317 e. The summed E-state index contributed by atoms with van der Waals surface area (Å²) in [6.45, 7) is 2.75. The molecule has 6 nitrogen and oxygen atoms in total. The fourth-order valence-corrected chi connectivity index (χ4v) is 1.60. The Labute approximate surface area is 89.3 Å². The largest absolute Gasteiger partial charge is 0.338 e. The molecule has 84 valence electrons. The Bertz CT molecular complexity index is 243. The number of azide groups is 1. The molecule has 0 aromatic carbocycles. The molecule has 0 aromatic heterocycles. The van der Waals surface area contributed by atoms with Crippen LogP contribution in [0.1, 0.15) is 25.7 Å². The van der Waals surface area contributed by atoms with E-state index in [9.17, 15) is 4.79 Å². The summed E-state index contributed by atoms with van der Waals surface area (Å²) in [6, 6.07) is 0.00985. The second-order valence-electron chi connectivity index (χ2n) is 3.59. The summed E-state index contributed by atoms with van der Waals surface area (Å²) in [5.41, 5.74) is 8.04. The second kappa shape index (κ2) is 6.95. The van der Waals surface area contributed by atoms with Gasteiger partial charge >= 0.3 is 6.03 Å². The molecule has 1 aliphatic rings. The summed E-state index contributed by atoms with van der Waals surface area (Å²) >= 11 is 0. The predicted octanol–water partition coefficient (Wildman–Crippen LogP) is 1.88. The monoisotopic (exact) mass is 211 g/mol. The van der Waals surface area contributed by atoms with Gasteiger partial charge in [0.05, 0.1) is 0 Å². The fourth-order valence-electron chi connectivity index (χ4n) is 1.60. The quantitative estimate of drug-likeness (QED) is 0.327. The lowest BCUT2D eigenvalue weighted by Gasteiger charge is -2.26. The maximum absolute atomic E-state index is 11.5. The van der Waals surface area contributed by atoms with Crippen LogP contribution in [0.4, 0.5) is 4.79 Å². The highest BCUT2D eigenvalue weighted by molar-refractivity contribution is 5.74. The number of piperidine rings is 1. The van der Waals surface area contributed by atoms with E-state index in [-0.39, 0.29) is 6.03 Å². The summed E-state index contributed by atoms with van der Waals surface area (Å²) in [4.78, 5) is 16.0. The van der Waals surface area contributed by atoms with Gasteiger partial charge in [0, 0.05) is 31.1 Å². The Morgan fingerprint density at radius 2 is 2.13 bits per heavy atom. The molecular weight excluding hydrogens is 194 g/mol. The van der Waals surface area contributed by atoms with Crippen molar-refractivity contribution in [3.63, 3.8) is 0 Å². The summed E-state index contributed by atoms with van der Waals surface area (Å²) in [5.74, 6) is 0. The molecular formula is C9H17N5O. The molecule has 0 aromatic rings. The van der Waals surface area contributed by atoms with Crippen LogP contribution in [0.15, 0.2) is 5.11 Å². The van der Waals surface area contributed by atoms with E-state index >= 15 is 0 Å². The van der Waals surface area contributed by atoms with Crippen molar-refractivity contribution in [3.8, 4) is 0 Å². The number of amides is 2. The van der Waals surface area contributed by atoms with Crippen LogP contribution in [0.25, 0.3) is 10.4 Å². The fraction of sp³-hybridized carbons (Fsp3) is 0.889. The van der Waals surface area contributed by atoms with Gasteiger partial charge in [-0.3, -0.25) is 0 Å². The van der Waals surface area contributed by atoms with E-state index < -0.39 is 0 Å². The molecule has 0 atom stereocenters. The third-order valence-electron chi connectivity index (χ3n) is 2.42. The van der Waals surface area contributed by atoms with Crippen LogP contribution in [0.2, 0.25) is 0 Å². The zero-order valence-corrected chi connectivity index (χ0v) is 8.85. The van der Waals surface area contributed by atoms with E-state index in [4.69, 9.17) is 5.53 Å².